The minimum absolute atomic E-state index is 0.0646. The molecule has 1 amide bonds. The van der Waals surface area contributed by atoms with Gasteiger partial charge in [0.05, 0.1) is 13.2 Å². The molecule has 0 radical (unpaired) electrons. The van der Waals surface area contributed by atoms with E-state index in [1.807, 2.05) is 6.92 Å². The lowest BCUT2D eigenvalue weighted by molar-refractivity contribution is -0.121. The second kappa shape index (κ2) is 7.13. The number of amides is 1. The summed E-state index contributed by atoms with van der Waals surface area (Å²) in [5.41, 5.74) is 0. The summed E-state index contributed by atoms with van der Waals surface area (Å²) in [6.07, 6.45) is 0.373. The lowest BCUT2D eigenvalue weighted by Gasteiger charge is -2.03. The third-order valence-corrected chi connectivity index (χ3v) is 1.29. The summed E-state index contributed by atoms with van der Waals surface area (Å²) in [5.74, 6) is -0.0646. The van der Waals surface area contributed by atoms with E-state index >= 15 is 0 Å². The van der Waals surface area contributed by atoms with Gasteiger partial charge in [0.1, 0.15) is 0 Å². The van der Waals surface area contributed by atoms with Crippen LogP contribution in [-0.2, 0) is 9.53 Å². The predicted molar refractivity (Wildman–Crippen MR) is 49.1 cm³/mol. The van der Waals surface area contributed by atoms with Gasteiger partial charge in [-0.1, -0.05) is 18.2 Å². The average Bonchev–Trinajstić information content (AvgIpc) is 2.01. The van der Waals surface area contributed by atoms with Crippen LogP contribution in [0.1, 0.15) is 13.3 Å². The number of hydrogen-bond acceptors (Lipinski definition) is 2. The van der Waals surface area contributed by atoms with Crippen LogP contribution < -0.4 is 5.32 Å². The van der Waals surface area contributed by atoms with E-state index in [4.69, 9.17) is 16.3 Å². The number of ether oxygens (including phenoxy) is 1. The lowest BCUT2D eigenvalue weighted by atomic mass is 10.4. The van der Waals surface area contributed by atoms with E-state index in [1.54, 1.807) is 0 Å². The van der Waals surface area contributed by atoms with E-state index in [0.717, 1.165) is 0 Å². The monoisotopic (exact) mass is 191 g/mol. The van der Waals surface area contributed by atoms with Crippen LogP contribution in [0.25, 0.3) is 0 Å². The maximum Gasteiger partial charge on any atom is 0.222 e. The number of rotatable bonds is 6. The summed E-state index contributed by atoms with van der Waals surface area (Å²) < 4.78 is 4.99. The van der Waals surface area contributed by atoms with Crippen molar-refractivity contribution in [1.82, 2.24) is 5.32 Å². The molecule has 0 saturated heterocycles. The molecular formula is C8H14ClNO2. The van der Waals surface area contributed by atoms with Crippen molar-refractivity contribution in [1.29, 1.82) is 0 Å². The van der Waals surface area contributed by atoms with E-state index in [1.165, 1.54) is 0 Å². The fourth-order valence-corrected chi connectivity index (χ4v) is 0.659. The SMILES string of the molecule is C=C(Cl)CNC(=O)CCOCC. The smallest absolute Gasteiger partial charge is 0.222 e. The topological polar surface area (TPSA) is 38.3 Å². The minimum atomic E-state index is -0.0646. The summed E-state index contributed by atoms with van der Waals surface area (Å²) in [4.78, 5) is 10.9. The Morgan fingerprint density at radius 2 is 2.33 bits per heavy atom. The van der Waals surface area contributed by atoms with Crippen molar-refractivity contribution in [3.05, 3.63) is 11.6 Å². The van der Waals surface area contributed by atoms with E-state index in [0.29, 0.717) is 31.2 Å². The number of halogens is 1. The standard InChI is InChI=1S/C8H14ClNO2/c1-3-12-5-4-8(11)10-6-7(2)9/h2-6H2,1H3,(H,10,11). The molecule has 0 atom stereocenters. The summed E-state index contributed by atoms with van der Waals surface area (Å²) in [5, 5.41) is 3.02. The molecule has 0 saturated carbocycles. The first kappa shape index (κ1) is 11.5. The first-order valence-corrected chi connectivity index (χ1v) is 4.22. The molecule has 0 aromatic rings. The number of hydrogen-bond donors (Lipinski definition) is 1. The molecule has 0 heterocycles. The van der Waals surface area contributed by atoms with Crippen LogP contribution in [0.4, 0.5) is 0 Å². The van der Waals surface area contributed by atoms with Gasteiger partial charge in [-0.05, 0) is 6.92 Å². The van der Waals surface area contributed by atoms with Gasteiger partial charge in [0.15, 0.2) is 0 Å². The fourth-order valence-electron chi connectivity index (χ4n) is 0.592. The zero-order chi connectivity index (χ0) is 9.40. The van der Waals surface area contributed by atoms with E-state index in [2.05, 4.69) is 11.9 Å². The van der Waals surface area contributed by atoms with Crippen molar-refractivity contribution in [2.24, 2.45) is 0 Å². The Kier molecular flexibility index (Phi) is 6.81. The molecule has 0 bridgehead atoms. The number of nitrogens with one attached hydrogen (secondary N) is 1. The molecule has 1 N–H and O–H groups in total. The molecule has 0 aliphatic carbocycles. The Balaban J connectivity index is 3.28. The van der Waals surface area contributed by atoms with Crippen molar-refractivity contribution in [2.75, 3.05) is 19.8 Å². The van der Waals surface area contributed by atoms with E-state index in [9.17, 15) is 4.79 Å². The van der Waals surface area contributed by atoms with Gasteiger partial charge < -0.3 is 10.1 Å². The van der Waals surface area contributed by atoms with E-state index in [-0.39, 0.29) is 5.91 Å². The summed E-state index contributed by atoms with van der Waals surface area (Å²) in [6, 6.07) is 0. The molecule has 0 aromatic carbocycles. The molecule has 3 nitrogen and oxygen atoms in total. The molecule has 12 heavy (non-hydrogen) atoms. The molecule has 0 fully saturated rings. The molecular weight excluding hydrogens is 178 g/mol. The van der Waals surface area contributed by atoms with Crippen molar-refractivity contribution >= 4 is 17.5 Å². The Bertz CT molecular complexity index is 159. The zero-order valence-electron chi connectivity index (χ0n) is 7.23. The van der Waals surface area contributed by atoms with Gasteiger partial charge in [-0.3, -0.25) is 4.79 Å². The Morgan fingerprint density at radius 1 is 1.67 bits per heavy atom. The van der Waals surface area contributed by atoms with Crippen molar-refractivity contribution in [3.63, 3.8) is 0 Å². The van der Waals surface area contributed by atoms with Gasteiger partial charge in [-0.2, -0.15) is 0 Å². The third-order valence-electron chi connectivity index (χ3n) is 1.15. The first-order valence-electron chi connectivity index (χ1n) is 3.84. The highest BCUT2D eigenvalue weighted by Gasteiger charge is 1.99. The molecule has 4 heteroatoms. The van der Waals surface area contributed by atoms with Gasteiger partial charge in [0.25, 0.3) is 0 Å². The fraction of sp³-hybridized carbons (Fsp3) is 0.625. The Hall–Kier alpha value is -0.540. The van der Waals surface area contributed by atoms with Gasteiger partial charge in [0.2, 0.25) is 5.91 Å². The second-order valence-corrected chi connectivity index (χ2v) is 2.78. The van der Waals surface area contributed by atoms with Crippen LogP contribution in [0.2, 0.25) is 0 Å². The average molecular weight is 192 g/mol. The molecule has 0 aliphatic heterocycles. The molecule has 0 aromatic heterocycles. The number of carbonyl (C=O) groups excluding carboxylic acids is 1. The molecule has 0 aliphatic rings. The van der Waals surface area contributed by atoms with Gasteiger partial charge in [-0.15, -0.1) is 0 Å². The van der Waals surface area contributed by atoms with Crippen molar-refractivity contribution in [2.45, 2.75) is 13.3 Å². The largest absolute Gasteiger partial charge is 0.381 e. The highest BCUT2D eigenvalue weighted by Crippen LogP contribution is 1.92. The van der Waals surface area contributed by atoms with Crippen LogP contribution in [0.15, 0.2) is 11.6 Å². The highest BCUT2D eigenvalue weighted by atomic mass is 35.5. The molecule has 0 unspecified atom stereocenters. The third kappa shape index (κ3) is 7.57. The second-order valence-electron chi connectivity index (χ2n) is 2.24. The maximum atomic E-state index is 10.9. The van der Waals surface area contributed by atoms with Crippen LogP contribution in [-0.4, -0.2) is 25.7 Å². The van der Waals surface area contributed by atoms with Crippen molar-refractivity contribution < 1.29 is 9.53 Å². The van der Waals surface area contributed by atoms with Gasteiger partial charge >= 0.3 is 0 Å². The normalized spacial score (nSPS) is 9.50. The maximum absolute atomic E-state index is 10.9. The Morgan fingerprint density at radius 3 is 2.83 bits per heavy atom. The summed E-state index contributed by atoms with van der Waals surface area (Å²) >= 11 is 5.44. The van der Waals surface area contributed by atoms with Crippen LogP contribution in [0.5, 0.6) is 0 Å². The number of carbonyl (C=O) groups is 1. The van der Waals surface area contributed by atoms with Crippen LogP contribution in [0, 0.1) is 0 Å². The van der Waals surface area contributed by atoms with Crippen LogP contribution in [0.3, 0.4) is 0 Å². The highest BCUT2D eigenvalue weighted by molar-refractivity contribution is 6.29. The first-order chi connectivity index (χ1) is 5.66. The zero-order valence-corrected chi connectivity index (χ0v) is 7.99. The molecule has 0 rings (SSSR count). The quantitative estimate of drug-likeness (QED) is 0.643. The lowest BCUT2D eigenvalue weighted by Crippen LogP contribution is -2.25. The molecule has 70 valence electrons. The van der Waals surface area contributed by atoms with Crippen molar-refractivity contribution in [3.8, 4) is 0 Å². The van der Waals surface area contributed by atoms with Crippen LogP contribution >= 0.6 is 11.6 Å². The summed E-state index contributed by atoms with van der Waals surface area (Å²) in [6.45, 7) is 6.75. The van der Waals surface area contributed by atoms with Gasteiger partial charge in [-0.25, -0.2) is 0 Å². The molecule has 0 spiro atoms. The predicted octanol–water partition coefficient (Wildman–Crippen LogP) is 1.28. The Labute approximate surface area is 77.7 Å². The minimum Gasteiger partial charge on any atom is -0.381 e. The van der Waals surface area contributed by atoms with E-state index < -0.39 is 0 Å². The summed E-state index contributed by atoms with van der Waals surface area (Å²) in [7, 11) is 0. The van der Waals surface area contributed by atoms with Gasteiger partial charge in [0, 0.05) is 18.1 Å².